The van der Waals surface area contributed by atoms with E-state index in [2.05, 4.69) is 15.3 Å². The van der Waals surface area contributed by atoms with Crippen LogP contribution in [0.3, 0.4) is 0 Å². The minimum atomic E-state index is -0.625. The summed E-state index contributed by atoms with van der Waals surface area (Å²) >= 11 is 0. The van der Waals surface area contributed by atoms with Crippen LogP contribution in [0.1, 0.15) is 16.8 Å². The quantitative estimate of drug-likeness (QED) is 0.527. The zero-order valence-electron chi connectivity index (χ0n) is 15.0. The number of benzene rings is 2. The van der Waals surface area contributed by atoms with Gasteiger partial charge in [0.05, 0.1) is 12.4 Å². The summed E-state index contributed by atoms with van der Waals surface area (Å²) in [7, 11) is 0. The van der Waals surface area contributed by atoms with Crippen molar-refractivity contribution in [3.63, 3.8) is 0 Å². The number of nitrogens with zero attached hydrogens (tertiary/aromatic N) is 1. The average Bonchev–Trinajstić information content (AvgIpc) is 3.18. The van der Waals surface area contributed by atoms with Crippen LogP contribution >= 0.6 is 0 Å². The molecule has 0 fully saturated rings. The second-order valence-electron chi connectivity index (χ2n) is 6.26. The topological polar surface area (TPSA) is 93.0 Å². The summed E-state index contributed by atoms with van der Waals surface area (Å²) in [5.41, 5.74) is 7.14. The van der Waals surface area contributed by atoms with Crippen LogP contribution in [-0.4, -0.2) is 21.9 Å². The fourth-order valence-electron chi connectivity index (χ4n) is 2.67. The van der Waals surface area contributed by atoms with Crippen LogP contribution in [0.4, 0.5) is 8.78 Å². The number of primary amides is 1. The highest BCUT2D eigenvalue weighted by atomic mass is 19.1. The lowest BCUT2D eigenvalue weighted by atomic mass is 10.1. The van der Waals surface area contributed by atoms with E-state index < -0.39 is 23.6 Å². The number of aromatic amines is 1. The van der Waals surface area contributed by atoms with Crippen molar-refractivity contribution in [2.45, 2.75) is 25.6 Å². The molecule has 6 nitrogen and oxygen atoms in total. The van der Waals surface area contributed by atoms with Crippen molar-refractivity contribution in [3.05, 3.63) is 83.4 Å². The smallest absolute Gasteiger partial charge is 0.234 e. The molecule has 0 bridgehead atoms. The zero-order valence-corrected chi connectivity index (χ0v) is 15.0. The number of amides is 1. The summed E-state index contributed by atoms with van der Waals surface area (Å²) in [5, 5.41) is 3.01. The number of hydrogen-bond acceptors (Lipinski definition) is 4. The summed E-state index contributed by atoms with van der Waals surface area (Å²) < 4.78 is 33.3. The predicted molar refractivity (Wildman–Crippen MR) is 99.2 cm³/mol. The molecule has 0 aliphatic carbocycles. The van der Waals surface area contributed by atoms with E-state index in [1.165, 1.54) is 24.5 Å². The Labute approximate surface area is 160 Å². The highest BCUT2D eigenvalue weighted by Gasteiger charge is 2.16. The molecule has 0 saturated heterocycles. The number of halogens is 2. The first-order valence-electron chi connectivity index (χ1n) is 8.67. The third-order valence-electron chi connectivity index (χ3n) is 4.21. The number of carbonyl (C=O) groups is 1. The predicted octanol–water partition coefficient (Wildman–Crippen LogP) is 2.45. The molecule has 0 radical (unpaired) electrons. The minimum absolute atomic E-state index is 0.0240. The number of rotatable bonds is 9. The van der Waals surface area contributed by atoms with Gasteiger partial charge in [0.25, 0.3) is 0 Å². The van der Waals surface area contributed by atoms with Crippen LogP contribution in [0, 0.1) is 11.6 Å². The molecule has 3 rings (SSSR count). The summed E-state index contributed by atoms with van der Waals surface area (Å²) in [5.74, 6) is -1.46. The lowest BCUT2D eigenvalue weighted by Crippen LogP contribution is -2.42. The monoisotopic (exact) mass is 386 g/mol. The molecule has 1 heterocycles. The van der Waals surface area contributed by atoms with Gasteiger partial charge in [-0.25, -0.2) is 13.8 Å². The Morgan fingerprint density at radius 3 is 2.71 bits per heavy atom. The number of ether oxygens (including phenoxy) is 1. The molecule has 0 aliphatic heterocycles. The van der Waals surface area contributed by atoms with Crippen molar-refractivity contribution >= 4 is 5.91 Å². The van der Waals surface area contributed by atoms with Gasteiger partial charge in [-0.2, -0.15) is 0 Å². The van der Waals surface area contributed by atoms with Gasteiger partial charge in [0.15, 0.2) is 11.6 Å². The van der Waals surface area contributed by atoms with Gasteiger partial charge in [-0.1, -0.05) is 24.3 Å². The number of hydrogen-bond donors (Lipinski definition) is 3. The lowest BCUT2D eigenvalue weighted by molar-refractivity contribution is -0.120. The zero-order chi connectivity index (χ0) is 19.9. The van der Waals surface area contributed by atoms with Crippen molar-refractivity contribution in [1.82, 2.24) is 15.3 Å². The molecule has 2 aromatic carbocycles. The van der Waals surface area contributed by atoms with Crippen LogP contribution in [0.25, 0.3) is 0 Å². The van der Waals surface area contributed by atoms with E-state index in [9.17, 15) is 13.6 Å². The number of imidazole rings is 1. The Kier molecular flexibility index (Phi) is 6.33. The molecule has 28 heavy (non-hydrogen) atoms. The summed E-state index contributed by atoms with van der Waals surface area (Å²) in [4.78, 5) is 18.4. The fraction of sp³-hybridized carbons (Fsp3) is 0.200. The second-order valence-corrected chi connectivity index (χ2v) is 6.26. The standard InChI is InChI=1S/C20H20F2N4O2/c21-16-4-2-1-3-14(16)11-28-19-6-5-13(7-17(19)22)9-25-18(20(23)27)8-15-10-24-12-26-15/h1-7,10,12,18,25H,8-9,11H2,(H2,23,27)(H,24,26). The van der Waals surface area contributed by atoms with Gasteiger partial charge in [0.1, 0.15) is 12.4 Å². The molecule has 8 heteroatoms. The van der Waals surface area contributed by atoms with Gasteiger partial charge in [0.2, 0.25) is 5.91 Å². The second kappa shape index (κ2) is 9.09. The normalized spacial score (nSPS) is 11.9. The van der Waals surface area contributed by atoms with Crippen LogP contribution < -0.4 is 15.8 Å². The van der Waals surface area contributed by atoms with Crippen LogP contribution in [0.5, 0.6) is 5.75 Å². The van der Waals surface area contributed by atoms with Crippen molar-refractivity contribution in [1.29, 1.82) is 0 Å². The van der Waals surface area contributed by atoms with Gasteiger partial charge in [-0.3, -0.25) is 4.79 Å². The Morgan fingerprint density at radius 2 is 2.04 bits per heavy atom. The van der Waals surface area contributed by atoms with Crippen molar-refractivity contribution < 1.29 is 18.3 Å². The molecule has 1 unspecified atom stereocenters. The highest BCUT2D eigenvalue weighted by molar-refractivity contribution is 5.80. The van der Waals surface area contributed by atoms with E-state index in [0.717, 1.165) is 5.69 Å². The molecule has 4 N–H and O–H groups in total. The van der Waals surface area contributed by atoms with Crippen LogP contribution in [0.15, 0.2) is 55.0 Å². The van der Waals surface area contributed by atoms with E-state index in [1.807, 2.05) is 0 Å². The molecule has 146 valence electrons. The molecule has 0 spiro atoms. The summed E-state index contributed by atoms with van der Waals surface area (Å²) in [6, 6.07) is 9.98. The van der Waals surface area contributed by atoms with Gasteiger partial charge in [-0.05, 0) is 23.8 Å². The molecular formula is C20H20F2N4O2. The van der Waals surface area contributed by atoms with E-state index in [-0.39, 0.29) is 18.9 Å². The SMILES string of the molecule is NC(=O)C(Cc1cnc[nH]1)NCc1ccc(OCc2ccccc2F)c(F)c1. The third kappa shape index (κ3) is 5.14. The maximum atomic E-state index is 14.3. The van der Waals surface area contributed by atoms with E-state index in [1.54, 1.807) is 30.5 Å². The Balaban J connectivity index is 1.58. The van der Waals surface area contributed by atoms with Gasteiger partial charge in [-0.15, -0.1) is 0 Å². The summed E-state index contributed by atoms with van der Waals surface area (Å²) in [6.07, 6.45) is 3.48. The maximum Gasteiger partial charge on any atom is 0.234 e. The Bertz CT molecular complexity index is 932. The van der Waals surface area contributed by atoms with Crippen molar-refractivity contribution in [3.8, 4) is 5.75 Å². The number of H-pyrrole nitrogens is 1. The fourth-order valence-corrected chi connectivity index (χ4v) is 2.67. The molecule has 0 saturated carbocycles. The first kappa shape index (κ1) is 19.5. The lowest BCUT2D eigenvalue weighted by Gasteiger charge is -2.15. The molecule has 3 aromatic rings. The molecule has 1 aromatic heterocycles. The molecule has 1 atom stereocenters. The van der Waals surface area contributed by atoms with E-state index in [0.29, 0.717) is 17.5 Å². The Hall–Kier alpha value is -3.26. The van der Waals surface area contributed by atoms with E-state index in [4.69, 9.17) is 10.5 Å². The van der Waals surface area contributed by atoms with Crippen molar-refractivity contribution in [2.24, 2.45) is 5.73 Å². The number of aromatic nitrogens is 2. The maximum absolute atomic E-state index is 14.3. The number of nitrogens with two attached hydrogens (primary N) is 1. The molecule has 0 aliphatic rings. The van der Waals surface area contributed by atoms with Gasteiger partial charge < -0.3 is 20.8 Å². The van der Waals surface area contributed by atoms with Crippen molar-refractivity contribution in [2.75, 3.05) is 0 Å². The first-order chi connectivity index (χ1) is 13.5. The van der Waals surface area contributed by atoms with Gasteiger partial charge in [0, 0.05) is 30.4 Å². The highest BCUT2D eigenvalue weighted by Crippen LogP contribution is 2.20. The first-order valence-corrected chi connectivity index (χ1v) is 8.67. The number of nitrogens with one attached hydrogen (secondary N) is 2. The largest absolute Gasteiger partial charge is 0.486 e. The van der Waals surface area contributed by atoms with Crippen LogP contribution in [-0.2, 0) is 24.4 Å². The average molecular weight is 386 g/mol. The minimum Gasteiger partial charge on any atom is -0.486 e. The van der Waals surface area contributed by atoms with E-state index >= 15 is 0 Å². The van der Waals surface area contributed by atoms with Crippen LogP contribution in [0.2, 0.25) is 0 Å². The number of carbonyl (C=O) groups excluding carboxylic acids is 1. The Morgan fingerprint density at radius 1 is 1.21 bits per heavy atom. The summed E-state index contributed by atoms with van der Waals surface area (Å²) in [6.45, 7) is 0.168. The molecule has 1 amide bonds. The molecular weight excluding hydrogens is 366 g/mol. The third-order valence-corrected chi connectivity index (χ3v) is 4.21. The van der Waals surface area contributed by atoms with Gasteiger partial charge >= 0.3 is 0 Å².